The van der Waals surface area contributed by atoms with Gasteiger partial charge in [-0.3, -0.25) is 0 Å². The summed E-state index contributed by atoms with van der Waals surface area (Å²) < 4.78 is 16.4. The molecule has 1 aromatic carbocycles. The SMILES string of the molecule is COc1cc(C)ccc1-c1noc(COC2(C)CNC2)n1. The van der Waals surface area contributed by atoms with Crippen LogP contribution >= 0.6 is 0 Å². The minimum Gasteiger partial charge on any atom is -0.496 e. The monoisotopic (exact) mass is 289 g/mol. The van der Waals surface area contributed by atoms with Crippen LogP contribution in [0.3, 0.4) is 0 Å². The average Bonchev–Trinajstić information content (AvgIpc) is 2.91. The van der Waals surface area contributed by atoms with Crippen molar-refractivity contribution in [3.8, 4) is 17.1 Å². The van der Waals surface area contributed by atoms with Gasteiger partial charge in [-0.1, -0.05) is 11.2 Å². The van der Waals surface area contributed by atoms with E-state index < -0.39 is 0 Å². The van der Waals surface area contributed by atoms with Crippen molar-refractivity contribution >= 4 is 0 Å². The van der Waals surface area contributed by atoms with E-state index in [1.54, 1.807) is 7.11 Å². The van der Waals surface area contributed by atoms with Crippen molar-refractivity contribution in [2.75, 3.05) is 20.2 Å². The molecule has 3 rings (SSSR count). The smallest absolute Gasteiger partial charge is 0.252 e. The summed E-state index contributed by atoms with van der Waals surface area (Å²) in [4.78, 5) is 4.38. The lowest BCUT2D eigenvalue weighted by atomic mass is 10.0. The van der Waals surface area contributed by atoms with Crippen molar-refractivity contribution in [1.82, 2.24) is 15.5 Å². The van der Waals surface area contributed by atoms with Crippen molar-refractivity contribution in [3.63, 3.8) is 0 Å². The second-order valence-corrected chi connectivity index (χ2v) is 5.56. The first kappa shape index (κ1) is 14.0. The van der Waals surface area contributed by atoms with Gasteiger partial charge in [0.05, 0.1) is 18.3 Å². The molecule has 0 aliphatic carbocycles. The fourth-order valence-corrected chi connectivity index (χ4v) is 2.22. The first-order valence-corrected chi connectivity index (χ1v) is 6.92. The molecule has 0 amide bonds. The topological polar surface area (TPSA) is 69.4 Å². The zero-order valence-corrected chi connectivity index (χ0v) is 12.5. The van der Waals surface area contributed by atoms with Crippen LogP contribution in [0, 0.1) is 6.92 Å². The van der Waals surface area contributed by atoms with Gasteiger partial charge in [0.25, 0.3) is 5.89 Å². The van der Waals surface area contributed by atoms with E-state index in [1.807, 2.05) is 25.1 Å². The van der Waals surface area contributed by atoms with E-state index in [4.69, 9.17) is 14.0 Å². The molecule has 112 valence electrons. The molecule has 6 heteroatoms. The third-order valence-electron chi connectivity index (χ3n) is 3.61. The molecule has 1 fully saturated rings. The molecule has 21 heavy (non-hydrogen) atoms. The van der Waals surface area contributed by atoms with Crippen LogP contribution in [0.1, 0.15) is 18.4 Å². The van der Waals surface area contributed by atoms with Crippen LogP contribution in [0.2, 0.25) is 0 Å². The second-order valence-electron chi connectivity index (χ2n) is 5.56. The van der Waals surface area contributed by atoms with Crippen molar-refractivity contribution < 1.29 is 14.0 Å². The highest BCUT2D eigenvalue weighted by atomic mass is 16.5. The molecule has 2 aromatic rings. The lowest BCUT2D eigenvalue weighted by Gasteiger charge is -2.38. The standard InChI is InChI=1S/C15H19N3O3/c1-10-4-5-11(12(6-10)19-3)14-17-13(21-18-14)7-20-15(2)8-16-9-15/h4-6,16H,7-9H2,1-3H3. The van der Waals surface area contributed by atoms with Gasteiger partial charge < -0.3 is 19.3 Å². The zero-order chi connectivity index (χ0) is 14.9. The largest absolute Gasteiger partial charge is 0.496 e. The van der Waals surface area contributed by atoms with Crippen LogP contribution in [0.25, 0.3) is 11.4 Å². The number of rotatable bonds is 5. The quantitative estimate of drug-likeness (QED) is 0.907. The van der Waals surface area contributed by atoms with Crippen LogP contribution in [0.5, 0.6) is 5.75 Å². The molecule has 6 nitrogen and oxygen atoms in total. The summed E-state index contributed by atoms with van der Waals surface area (Å²) in [5.74, 6) is 1.72. The highest BCUT2D eigenvalue weighted by Crippen LogP contribution is 2.29. The van der Waals surface area contributed by atoms with Crippen LogP contribution in [-0.4, -0.2) is 35.9 Å². The third kappa shape index (κ3) is 2.91. The van der Waals surface area contributed by atoms with Crippen molar-refractivity contribution in [2.45, 2.75) is 26.1 Å². The fourth-order valence-electron chi connectivity index (χ4n) is 2.22. The van der Waals surface area contributed by atoms with Crippen molar-refractivity contribution in [2.24, 2.45) is 0 Å². The summed E-state index contributed by atoms with van der Waals surface area (Å²) in [6, 6.07) is 5.87. The number of aryl methyl sites for hydroxylation is 1. The molecule has 1 aliphatic heterocycles. The predicted molar refractivity (Wildman–Crippen MR) is 77.1 cm³/mol. The first-order chi connectivity index (χ1) is 10.1. The van der Waals surface area contributed by atoms with E-state index in [2.05, 4.69) is 22.4 Å². The summed E-state index contributed by atoms with van der Waals surface area (Å²) in [6.07, 6.45) is 0. The fraction of sp³-hybridized carbons (Fsp3) is 0.467. The Kier molecular flexibility index (Phi) is 3.65. The van der Waals surface area contributed by atoms with E-state index in [-0.39, 0.29) is 5.60 Å². The molecular formula is C15H19N3O3. The minimum absolute atomic E-state index is 0.129. The molecule has 1 saturated heterocycles. The Bertz CT molecular complexity index is 635. The van der Waals surface area contributed by atoms with Gasteiger partial charge in [-0.25, -0.2) is 0 Å². The van der Waals surface area contributed by atoms with Crippen molar-refractivity contribution in [1.29, 1.82) is 0 Å². The van der Waals surface area contributed by atoms with Crippen molar-refractivity contribution in [3.05, 3.63) is 29.7 Å². The van der Waals surface area contributed by atoms with Crippen LogP contribution < -0.4 is 10.1 Å². The molecule has 0 saturated carbocycles. The second kappa shape index (κ2) is 5.46. The molecule has 1 aliphatic rings. The summed E-state index contributed by atoms with van der Waals surface area (Å²) in [6.45, 7) is 6.08. The van der Waals surface area contributed by atoms with E-state index in [0.29, 0.717) is 18.3 Å². The molecule has 2 heterocycles. The van der Waals surface area contributed by atoms with Gasteiger partial charge in [0.1, 0.15) is 12.4 Å². The summed E-state index contributed by atoms with van der Waals surface area (Å²) in [5.41, 5.74) is 1.80. The number of hydrogen-bond acceptors (Lipinski definition) is 6. The lowest BCUT2D eigenvalue weighted by Crippen LogP contribution is -2.58. The maximum absolute atomic E-state index is 5.79. The number of benzene rings is 1. The average molecular weight is 289 g/mol. The predicted octanol–water partition coefficient (Wildman–Crippen LogP) is 1.93. The van der Waals surface area contributed by atoms with Gasteiger partial charge in [0.2, 0.25) is 5.82 Å². The number of nitrogens with one attached hydrogen (secondary N) is 1. The number of methoxy groups -OCH3 is 1. The van der Waals surface area contributed by atoms with Crippen LogP contribution in [-0.2, 0) is 11.3 Å². The normalized spacial score (nSPS) is 16.5. The van der Waals surface area contributed by atoms with Gasteiger partial charge in [-0.15, -0.1) is 0 Å². The molecule has 1 aromatic heterocycles. The lowest BCUT2D eigenvalue weighted by molar-refractivity contribution is -0.0841. The van der Waals surface area contributed by atoms with E-state index in [9.17, 15) is 0 Å². The Balaban J connectivity index is 1.75. The van der Waals surface area contributed by atoms with Gasteiger partial charge in [-0.2, -0.15) is 4.98 Å². The molecule has 0 radical (unpaired) electrons. The van der Waals surface area contributed by atoms with Crippen LogP contribution in [0.15, 0.2) is 22.7 Å². The maximum Gasteiger partial charge on any atom is 0.252 e. The summed E-state index contributed by atoms with van der Waals surface area (Å²) >= 11 is 0. The Morgan fingerprint density at radius 2 is 2.19 bits per heavy atom. The zero-order valence-electron chi connectivity index (χ0n) is 12.5. The third-order valence-corrected chi connectivity index (χ3v) is 3.61. The summed E-state index contributed by atoms with van der Waals surface area (Å²) in [7, 11) is 1.63. The number of ether oxygens (including phenoxy) is 2. The van der Waals surface area contributed by atoms with Gasteiger partial charge >= 0.3 is 0 Å². The molecule has 0 unspecified atom stereocenters. The summed E-state index contributed by atoms with van der Waals surface area (Å²) in [5, 5.41) is 7.19. The van der Waals surface area contributed by atoms with E-state index >= 15 is 0 Å². The van der Waals surface area contributed by atoms with Gasteiger partial charge in [-0.05, 0) is 31.5 Å². The van der Waals surface area contributed by atoms with Gasteiger partial charge in [0.15, 0.2) is 0 Å². The maximum atomic E-state index is 5.79. The highest BCUT2D eigenvalue weighted by Gasteiger charge is 2.33. The molecule has 0 atom stereocenters. The first-order valence-electron chi connectivity index (χ1n) is 6.92. The Morgan fingerprint density at radius 3 is 2.86 bits per heavy atom. The molecule has 0 spiro atoms. The molecular weight excluding hydrogens is 270 g/mol. The molecule has 0 bridgehead atoms. The highest BCUT2D eigenvalue weighted by molar-refractivity contribution is 5.64. The van der Waals surface area contributed by atoms with E-state index in [1.165, 1.54) is 0 Å². The number of nitrogens with zero attached hydrogens (tertiary/aromatic N) is 2. The Labute approximate surface area is 123 Å². The molecule has 1 N–H and O–H groups in total. The number of hydrogen-bond donors (Lipinski definition) is 1. The van der Waals surface area contributed by atoms with Gasteiger partial charge in [0, 0.05) is 13.1 Å². The Morgan fingerprint density at radius 1 is 1.38 bits per heavy atom. The number of aromatic nitrogens is 2. The van der Waals surface area contributed by atoms with Crippen LogP contribution in [0.4, 0.5) is 0 Å². The Hall–Kier alpha value is -1.92. The minimum atomic E-state index is -0.129. The van der Waals surface area contributed by atoms with E-state index in [0.717, 1.165) is 30.0 Å².